The summed E-state index contributed by atoms with van der Waals surface area (Å²) in [5.74, 6) is 0.697. The summed E-state index contributed by atoms with van der Waals surface area (Å²) in [7, 11) is -3.29. The summed E-state index contributed by atoms with van der Waals surface area (Å²) in [5.41, 5.74) is 0. The molecule has 1 aliphatic rings. The fourth-order valence-corrected chi connectivity index (χ4v) is 4.06. The Morgan fingerprint density at radius 3 is 1.89 bits per heavy atom. The van der Waals surface area contributed by atoms with E-state index in [-0.39, 0.29) is 0 Å². The number of nitrogens with zero attached hydrogens (tertiary/aromatic N) is 2. The lowest BCUT2D eigenvalue weighted by molar-refractivity contribution is 0.281. The summed E-state index contributed by atoms with van der Waals surface area (Å²) >= 11 is 0. The van der Waals surface area contributed by atoms with Gasteiger partial charge in [-0.3, -0.25) is 0 Å². The smallest absolute Gasteiger partial charge is 0.282 e. The van der Waals surface area contributed by atoms with Crippen LogP contribution in [0.15, 0.2) is 0 Å². The van der Waals surface area contributed by atoms with E-state index in [4.69, 9.17) is 0 Å². The van der Waals surface area contributed by atoms with Crippen molar-refractivity contribution in [2.45, 2.75) is 27.7 Å². The van der Waals surface area contributed by atoms with E-state index in [0.717, 1.165) is 13.1 Å². The second-order valence-electron chi connectivity index (χ2n) is 5.76. The van der Waals surface area contributed by atoms with Crippen molar-refractivity contribution in [1.82, 2.24) is 13.9 Å². The summed E-state index contributed by atoms with van der Waals surface area (Å²) in [6.07, 6.45) is 0. The third-order valence-corrected chi connectivity index (χ3v) is 4.83. The number of hydrogen-bond donors (Lipinski definition) is 1. The van der Waals surface area contributed by atoms with Crippen LogP contribution in [0.3, 0.4) is 0 Å². The fourth-order valence-electron chi connectivity index (χ4n) is 2.12. The summed E-state index contributed by atoms with van der Waals surface area (Å²) in [5, 5.41) is 3.18. The average molecular weight is 277 g/mol. The zero-order valence-corrected chi connectivity index (χ0v) is 12.8. The maximum atomic E-state index is 12.6. The molecule has 18 heavy (non-hydrogen) atoms. The van der Waals surface area contributed by atoms with Gasteiger partial charge in [0.05, 0.1) is 0 Å². The van der Waals surface area contributed by atoms with Crippen molar-refractivity contribution in [1.29, 1.82) is 0 Å². The highest BCUT2D eigenvalue weighted by molar-refractivity contribution is 7.86. The molecule has 0 aromatic rings. The van der Waals surface area contributed by atoms with Crippen LogP contribution in [0, 0.1) is 11.8 Å². The molecule has 108 valence electrons. The van der Waals surface area contributed by atoms with Crippen molar-refractivity contribution < 1.29 is 8.42 Å². The van der Waals surface area contributed by atoms with Crippen molar-refractivity contribution in [3.05, 3.63) is 0 Å². The molecule has 0 atom stereocenters. The van der Waals surface area contributed by atoms with Crippen molar-refractivity contribution in [3.8, 4) is 0 Å². The molecule has 0 spiro atoms. The Kier molecular flexibility index (Phi) is 6.04. The van der Waals surface area contributed by atoms with E-state index in [1.165, 1.54) is 0 Å². The molecule has 6 heteroatoms. The average Bonchev–Trinajstić information content (AvgIpc) is 2.28. The first kappa shape index (κ1) is 15.9. The van der Waals surface area contributed by atoms with E-state index in [2.05, 4.69) is 33.0 Å². The normalized spacial score (nSPS) is 19.1. The monoisotopic (exact) mass is 277 g/mol. The van der Waals surface area contributed by atoms with Crippen LogP contribution in [-0.2, 0) is 10.2 Å². The molecular weight excluding hydrogens is 250 g/mol. The van der Waals surface area contributed by atoms with Crippen molar-refractivity contribution in [2.24, 2.45) is 11.8 Å². The lowest BCUT2D eigenvalue weighted by Crippen LogP contribution is -2.53. The number of hydrogen-bond acceptors (Lipinski definition) is 3. The number of piperazine rings is 1. The standard InChI is InChI=1S/C12H27N3O2S/c1-11(2)9-15(10-12(3)4)18(16,17)14-7-5-13-6-8-14/h11-13H,5-10H2,1-4H3. The van der Waals surface area contributed by atoms with Gasteiger partial charge in [-0.05, 0) is 11.8 Å². The lowest BCUT2D eigenvalue weighted by Gasteiger charge is -2.34. The second-order valence-corrected chi connectivity index (χ2v) is 7.69. The molecule has 5 nitrogen and oxygen atoms in total. The molecule has 1 saturated heterocycles. The van der Waals surface area contributed by atoms with Gasteiger partial charge in [-0.15, -0.1) is 0 Å². The van der Waals surface area contributed by atoms with Gasteiger partial charge in [0.2, 0.25) is 0 Å². The van der Waals surface area contributed by atoms with Gasteiger partial charge >= 0.3 is 0 Å². The molecule has 0 aromatic carbocycles. The van der Waals surface area contributed by atoms with Crippen molar-refractivity contribution >= 4 is 10.2 Å². The largest absolute Gasteiger partial charge is 0.314 e. The van der Waals surface area contributed by atoms with E-state index in [0.29, 0.717) is 38.0 Å². The van der Waals surface area contributed by atoms with Crippen LogP contribution < -0.4 is 5.32 Å². The Labute approximate surface area is 112 Å². The van der Waals surface area contributed by atoms with Crippen LogP contribution in [0.5, 0.6) is 0 Å². The van der Waals surface area contributed by atoms with Gasteiger partial charge in [-0.1, -0.05) is 27.7 Å². The van der Waals surface area contributed by atoms with Gasteiger partial charge in [0, 0.05) is 39.3 Å². The first-order valence-electron chi connectivity index (χ1n) is 6.80. The van der Waals surface area contributed by atoms with Crippen molar-refractivity contribution in [2.75, 3.05) is 39.3 Å². The van der Waals surface area contributed by atoms with Crippen LogP contribution in [0.4, 0.5) is 0 Å². The van der Waals surface area contributed by atoms with Crippen LogP contribution in [0.1, 0.15) is 27.7 Å². The molecule has 1 rings (SSSR count). The van der Waals surface area contributed by atoms with E-state index >= 15 is 0 Å². The molecule has 0 aliphatic carbocycles. The highest BCUT2D eigenvalue weighted by Gasteiger charge is 2.31. The Morgan fingerprint density at radius 1 is 1.06 bits per heavy atom. The highest BCUT2D eigenvalue weighted by atomic mass is 32.2. The quantitative estimate of drug-likeness (QED) is 0.779. The Balaban J connectivity index is 2.80. The maximum absolute atomic E-state index is 12.6. The first-order chi connectivity index (χ1) is 8.34. The van der Waals surface area contributed by atoms with Gasteiger partial charge in [-0.2, -0.15) is 17.0 Å². The summed E-state index contributed by atoms with van der Waals surface area (Å²) in [6, 6.07) is 0. The Bertz CT molecular complexity index is 325. The molecule has 0 radical (unpaired) electrons. The summed E-state index contributed by atoms with van der Waals surface area (Å²) < 4.78 is 28.4. The van der Waals surface area contributed by atoms with Gasteiger partial charge in [0.25, 0.3) is 10.2 Å². The van der Waals surface area contributed by atoms with E-state index in [1.54, 1.807) is 8.61 Å². The highest BCUT2D eigenvalue weighted by Crippen LogP contribution is 2.14. The van der Waals surface area contributed by atoms with E-state index in [9.17, 15) is 8.42 Å². The Hall–Kier alpha value is -0.170. The third-order valence-electron chi connectivity index (χ3n) is 2.87. The molecule has 0 aromatic heterocycles. The second kappa shape index (κ2) is 6.84. The topological polar surface area (TPSA) is 52.7 Å². The molecule has 0 unspecified atom stereocenters. The molecule has 1 N–H and O–H groups in total. The zero-order chi connectivity index (χ0) is 13.8. The fraction of sp³-hybridized carbons (Fsp3) is 1.00. The molecule has 1 heterocycles. The molecule has 1 aliphatic heterocycles. The lowest BCUT2D eigenvalue weighted by atomic mass is 10.2. The van der Waals surface area contributed by atoms with Crippen LogP contribution in [0.2, 0.25) is 0 Å². The molecular formula is C12H27N3O2S. The van der Waals surface area contributed by atoms with E-state index < -0.39 is 10.2 Å². The van der Waals surface area contributed by atoms with Gasteiger partial charge in [-0.25, -0.2) is 0 Å². The minimum Gasteiger partial charge on any atom is -0.314 e. The zero-order valence-electron chi connectivity index (χ0n) is 12.0. The molecule has 1 fully saturated rings. The first-order valence-corrected chi connectivity index (χ1v) is 8.19. The molecule has 0 bridgehead atoms. The van der Waals surface area contributed by atoms with Gasteiger partial charge < -0.3 is 5.32 Å². The Morgan fingerprint density at radius 2 is 1.50 bits per heavy atom. The predicted molar refractivity (Wildman–Crippen MR) is 74.6 cm³/mol. The number of nitrogens with one attached hydrogen (secondary N) is 1. The summed E-state index contributed by atoms with van der Waals surface area (Å²) in [4.78, 5) is 0. The van der Waals surface area contributed by atoms with Crippen LogP contribution >= 0.6 is 0 Å². The molecule has 0 saturated carbocycles. The minimum atomic E-state index is -3.29. The predicted octanol–water partition coefficient (Wildman–Crippen LogP) is 0.750. The van der Waals surface area contributed by atoms with Gasteiger partial charge in [0.15, 0.2) is 0 Å². The summed E-state index contributed by atoms with van der Waals surface area (Å²) in [6.45, 7) is 12.1. The van der Waals surface area contributed by atoms with Gasteiger partial charge in [0.1, 0.15) is 0 Å². The third kappa shape index (κ3) is 4.50. The van der Waals surface area contributed by atoms with Crippen LogP contribution in [0.25, 0.3) is 0 Å². The molecule has 0 amide bonds. The SMILES string of the molecule is CC(C)CN(CC(C)C)S(=O)(=O)N1CCNCC1. The maximum Gasteiger partial charge on any atom is 0.282 e. The number of rotatable bonds is 6. The van der Waals surface area contributed by atoms with E-state index in [1.807, 2.05) is 0 Å². The van der Waals surface area contributed by atoms with Crippen molar-refractivity contribution in [3.63, 3.8) is 0 Å². The van der Waals surface area contributed by atoms with Crippen LogP contribution in [-0.4, -0.2) is 56.3 Å². The minimum absolute atomic E-state index is 0.349.